The van der Waals surface area contributed by atoms with Crippen molar-refractivity contribution in [2.75, 3.05) is 6.26 Å². The SMILES string of the molecule is Cc1ccc2[nH]c3sc(S(C)=O)nc3c(=O)c2c1. The number of aromatic amines is 1. The van der Waals surface area contributed by atoms with Crippen LogP contribution in [-0.4, -0.2) is 20.4 Å². The molecule has 18 heavy (non-hydrogen) atoms. The summed E-state index contributed by atoms with van der Waals surface area (Å²) in [7, 11) is -1.16. The predicted octanol–water partition coefficient (Wildman–Crippen LogP) is 2.18. The number of benzene rings is 1. The summed E-state index contributed by atoms with van der Waals surface area (Å²) in [6.45, 7) is 1.94. The lowest BCUT2D eigenvalue weighted by Gasteiger charge is -1.98. The van der Waals surface area contributed by atoms with Crippen molar-refractivity contribution in [3.63, 3.8) is 0 Å². The number of hydrogen-bond acceptors (Lipinski definition) is 4. The van der Waals surface area contributed by atoms with Gasteiger partial charge in [-0.05, 0) is 19.1 Å². The van der Waals surface area contributed by atoms with Crippen LogP contribution in [0.25, 0.3) is 21.3 Å². The molecule has 0 aliphatic rings. The van der Waals surface area contributed by atoms with Gasteiger partial charge in [0.15, 0.2) is 4.34 Å². The first kappa shape index (κ1) is 11.6. The molecule has 0 aliphatic carbocycles. The second kappa shape index (κ2) is 4.00. The maximum absolute atomic E-state index is 12.3. The van der Waals surface area contributed by atoms with Crippen molar-refractivity contribution in [3.8, 4) is 0 Å². The predicted molar refractivity (Wildman–Crippen MR) is 74.8 cm³/mol. The fourth-order valence-corrected chi connectivity index (χ4v) is 3.51. The number of H-pyrrole nitrogens is 1. The molecule has 0 spiro atoms. The van der Waals surface area contributed by atoms with Crippen LogP contribution in [0.1, 0.15) is 5.56 Å². The van der Waals surface area contributed by atoms with Gasteiger partial charge in [-0.1, -0.05) is 23.0 Å². The van der Waals surface area contributed by atoms with Gasteiger partial charge in [0, 0.05) is 11.6 Å². The Bertz CT molecular complexity index is 848. The van der Waals surface area contributed by atoms with Gasteiger partial charge >= 0.3 is 0 Å². The van der Waals surface area contributed by atoms with Gasteiger partial charge in [0.05, 0.1) is 16.3 Å². The van der Waals surface area contributed by atoms with Crippen molar-refractivity contribution in [1.29, 1.82) is 0 Å². The zero-order valence-corrected chi connectivity index (χ0v) is 11.4. The summed E-state index contributed by atoms with van der Waals surface area (Å²) in [6.07, 6.45) is 1.56. The summed E-state index contributed by atoms with van der Waals surface area (Å²) >= 11 is 1.27. The molecule has 4 nitrogen and oxygen atoms in total. The number of rotatable bonds is 1. The quantitative estimate of drug-likeness (QED) is 0.742. The molecule has 3 rings (SSSR count). The van der Waals surface area contributed by atoms with E-state index in [4.69, 9.17) is 0 Å². The summed E-state index contributed by atoms with van der Waals surface area (Å²) in [5, 5.41) is 0.626. The molecule has 1 unspecified atom stereocenters. The fourth-order valence-electron chi connectivity index (χ4n) is 1.87. The van der Waals surface area contributed by atoms with Crippen molar-refractivity contribution in [2.45, 2.75) is 11.3 Å². The number of nitrogens with one attached hydrogen (secondary N) is 1. The molecule has 0 amide bonds. The Labute approximate surface area is 109 Å². The smallest absolute Gasteiger partial charge is 0.216 e. The first-order valence-corrected chi connectivity index (χ1v) is 7.70. The molecular formula is C12H10N2O2S2. The molecule has 0 radical (unpaired) electrons. The van der Waals surface area contributed by atoms with Crippen LogP contribution in [0.15, 0.2) is 27.3 Å². The van der Waals surface area contributed by atoms with Crippen molar-refractivity contribution >= 4 is 43.4 Å². The Kier molecular flexibility index (Phi) is 2.57. The average molecular weight is 278 g/mol. The number of nitrogens with zero attached hydrogens (tertiary/aromatic N) is 1. The lowest BCUT2D eigenvalue weighted by Crippen LogP contribution is -2.04. The van der Waals surface area contributed by atoms with E-state index in [0.29, 0.717) is 20.1 Å². The zero-order chi connectivity index (χ0) is 12.9. The van der Waals surface area contributed by atoms with Crippen LogP contribution in [0.5, 0.6) is 0 Å². The van der Waals surface area contributed by atoms with Crippen molar-refractivity contribution in [2.24, 2.45) is 0 Å². The molecule has 6 heteroatoms. The van der Waals surface area contributed by atoms with Gasteiger partial charge in [-0.25, -0.2) is 4.98 Å². The van der Waals surface area contributed by atoms with Crippen molar-refractivity contribution in [1.82, 2.24) is 9.97 Å². The van der Waals surface area contributed by atoms with Gasteiger partial charge in [0.25, 0.3) is 0 Å². The second-order valence-corrected chi connectivity index (χ2v) is 6.67. The van der Waals surface area contributed by atoms with E-state index in [9.17, 15) is 9.00 Å². The molecule has 0 aliphatic heterocycles. The highest BCUT2D eigenvalue weighted by atomic mass is 32.2. The third-order valence-electron chi connectivity index (χ3n) is 2.74. The van der Waals surface area contributed by atoms with Gasteiger partial charge in [-0.2, -0.15) is 0 Å². The molecule has 92 valence electrons. The Morgan fingerprint density at radius 1 is 1.39 bits per heavy atom. The summed E-state index contributed by atoms with van der Waals surface area (Å²) in [5.41, 5.74) is 2.09. The van der Waals surface area contributed by atoms with E-state index in [-0.39, 0.29) is 5.43 Å². The monoisotopic (exact) mass is 278 g/mol. The van der Waals surface area contributed by atoms with Crippen molar-refractivity contribution < 1.29 is 4.21 Å². The maximum Gasteiger partial charge on any atom is 0.216 e. The fraction of sp³-hybridized carbons (Fsp3) is 0.167. The molecule has 2 aromatic heterocycles. The van der Waals surface area contributed by atoms with Crippen LogP contribution in [-0.2, 0) is 10.8 Å². The molecule has 2 heterocycles. The number of thiazole rings is 1. The molecule has 1 N–H and O–H groups in total. The average Bonchev–Trinajstić information content (AvgIpc) is 2.75. The van der Waals surface area contributed by atoms with Gasteiger partial charge in [-0.15, -0.1) is 0 Å². The highest BCUT2D eigenvalue weighted by Gasteiger charge is 2.12. The highest BCUT2D eigenvalue weighted by molar-refractivity contribution is 7.86. The molecule has 0 saturated heterocycles. The largest absolute Gasteiger partial charge is 0.345 e. The van der Waals surface area contributed by atoms with Gasteiger partial charge in [-0.3, -0.25) is 9.00 Å². The number of aryl methyl sites for hydroxylation is 1. The Hall–Kier alpha value is -1.53. The third-order valence-corrected chi connectivity index (χ3v) is 5.04. The Morgan fingerprint density at radius 2 is 2.17 bits per heavy atom. The van der Waals surface area contributed by atoms with E-state index in [1.807, 2.05) is 25.1 Å². The Morgan fingerprint density at radius 3 is 2.89 bits per heavy atom. The Balaban J connectivity index is 2.49. The molecule has 3 aromatic rings. The molecule has 0 saturated carbocycles. The van der Waals surface area contributed by atoms with Crippen LogP contribution in [0, 0.1) is 6.92 Å². The van der Waals surface area contributed by atoms with Crippen LogP contribution < -0.4 is 5.43 Å². The number of fused-ring (bicyclic) bond motifs is 2. The van der Waals surface area contributed by atoms with Crippen LogP contribution >= 0.6 is 11.3 Å². The number of hydrogen-bond donors (Lipinski definition) is 1. The number of pyridine rings is 1. The second-order valence-electron chi connectivity index (χ2n) is 4.11. The first-order valence-electron chi connectivity index (χ1n) is 5.33. The summed E-state index contributed by atoms with van der Waals surface area (Å²) in [6, 6.07) is 5.67. The maximum atomic E-state index is 12.3. The summed E-state index contributed by atoms with van der Waals surface area (Å²) in [5.74, 6) is 0. The van der Waals surface area contributed by atoms with Crippen LogP contribution in [0.2, 0.25) is 0 Å². The summed E-state index contributed by atoms with van der Waals surface area (Å²) in [4.78, 5) is 20.3. The first-order chi connectivity index (χ1) is 8.56. The van der Waals surface area contributed by atoms with Gasteiger partial charge in [0.1, 0.15) is 10.3 Å². The molecule has 0 bridgehead atoms. The molecule has 1 atom stereocenters. The minimum Gasteiger partial charge on any atom is -0.345 e. The van der Waals surface area contributed by atoms with E-state index in [1.165, 1.54) is 11.3 Å². The van der Waals surface area contributed by atoms with Gasteiger partial charge in [0.2, 0.25) is 5.43 Å². The van der Waals surface area contributed by atoms with E-state index in [1.54, 1.807) is 6.26 Å². The van der Waals surface area contributed by atoms with Gasteiger partial charge < -0.3 is 4.98 Å². The third kappa shape index (κ3) is 1.69. The van der Waals surface area contributed by atoms with E-state index < -0.39 is 10.8 Å². The molecular weight excluding hydrogens is 268 g/mol. The van der Waals surface area contributed by atoms with E-state index in [2.05, 4.69) is 9.97 Å². The summed E-state index contributed by atoms with van der Waals surface area (Å²) < 4.78 is 11.9. The number of aromatic nitrogens is 2. The lowest BCUT2D eigenvalue weighted by molar-refractivity contribution is 0.686. The zero-order valence-electron chi connectivity index (χ0n) is 9.81. The minimum absolute atomic E-state index is 0.101. The highest BCUT2D eigenvalue weighted by Crippen LogP contribution is 2.22. The van der Waals surface area contributed by atoms with E-state index in [0.717, 1.165) is 11.1 Å². The normalized spacial score (nSPS) is 13.2. The topological polar surface area (TPSA) is 62.8 Å². The standard InChI is InChI=1S/C12H10N2O2S2/c1-6-3-4-8-7(5-6)10(15)9-11(13-8)17-12(14-9)18(2)16/h3-5H,1-2H3,(H,13,15). The molecule has 0 fully saturated rings. The van der Waals surface area contributed by atoms with Crippen LogP contribution in [0.4, 0.5) is 0 Å². The van der Waals surface area contributed by atoms with Crippen LogP contribution in [0.3, 0.4) is 0 Å². The molecule has 1 aromatic carbocycles. The lowest BCUT2D eigenvalue weighted by atomic mass is 10.1. The van der Waals surface area contributed by atoms with Crippen molar-refractivity contribution in [3.05, 3.63) is 34.0 Å². The van der Waals surface area contributed by atoms with E-state index >= 15 is 0 Å². The minimum atomic E-state index is -1.16.